The maximum Gasteiger partial charge on any atom is 0.269 e. The third-order valence-electron chi connectivity index (χ3n) is 2.29. The van der Waals surface area contributed by atoms with Gasteiger partial charge in [0.1, 0.15) is 5.76 Å². The van der Waals surface area contributed by atoms with Crippen molar-refractivity contribution < 1.29 is 9.34 Å². The van der Waals surface area contributed by atoms with E-state index < -0.39 is 4.92 Å². The molecule has 0 amide bonds. The van der Waals surface area contributed by atoms with Crippen molar-refractivity contribution in [3.63, 3.8) is 0 Å². The minimum absolute atomic E-state index is 0.0755. The van der Waals surface area contributed by atoms with Crippen molar-refractivity contribution in [3.8, 4) is 11.3 Å². The lowest BCUT2D eigenvalue weighted by Gasteiger charge is -1.97. The van der Waals surface area contributed by atoms with Crippen LogP contribution < -0.4 is 0 Å². The van der Waals surface area contributed by atoms with Gasteiger partial charge in [-0.3, -0.25) is 10.1 Å². The molecule has 0 atom stereocenters. The van der Waals surface area contributed by atoms with Crippen LogP contribution in [0.25, 0.3) is 11.3 Å². The number of benzene rings is 1. The lowest BCUT2D eigenvalue weighted by Crippen LogP contribution is -1.86. The van der Waals surface area contributed by atoms with E-state index >= 15 is 0 Å². The average Bonchev–Trinajstić information content (AvgIpc) is 2.85. The Morgan fingerprint density at radius 2 is 2.00 bits per heavy atom. The predicted octanol–water partition coefficient (Wildman–Crippen LogP) is 4.13. The number of thioether (sulfide) groups is 1. The predicted molar refractivity (Wildman–Crippen MR) is 71.7 cm³/mol. The number of nitro groups is 1. The van der Waals surface area contributed by atoms with Crippen molar-refractivity contribution in [1.29, 1.82) is 0 Å². The largest absolute Gasteiger partial charge is 0.450 e. The Hall–Kier alpha value is -2.01. The van der Waals surface area contributed by atoms with Crippen molar-refractivity contribution in [1.82, 2.24) is 0 Å². The summed E-state index contributed by atoms with van der Waals surface area (Å²) >= 11 is 1.55. The lowest BCUT2D eigenvalue weighted by atomic mass is 10.1. The Morgan fingerprint density at radius 1 is 1.28 bits per heavy atom. The number of nitrogens with zero attached hydrogens (tertiary/aromatic N) is 1. The number of nitro benzene ring substituents is 1. The summed E-state index contributed by atoms with van der Waals surface area (Å²) in [4.78, 5) is 10.1. The summed E-state index contributed by atoms with van der Waals surface area (Å²) in [5.74, 6) is 1.49. The maximum absolute atomic E-state index is 10.5. The Labute approximate surface area is 108 Å². The van der Waals surface area contributed by atoms with Gasteiger partial charge < -0.3 is 4.42 Å². The summed E-state index contributed by atoms with van der Waals surface area (Å²) in [5, 5.41) is 11.3. The molecule has 0 bridgehead atoms. The first-order valence-corrected chi connectivity index (χ1v) is 6.27. The van der Waals surface area contributed by atoms with Gasteiger partial charge in [0.2, 0.25) is 0 Å². The van der Waals surface area contributed by atoms with Crippen molar-refractivity contribution in [2.24, 2.45) is 0 Å². The second kappa shape index (κ2) is 5.55. The zero-order valence-corrected chi connectivity index (χ0v) is 10.4. The second-order valence-corrected chi connectivity index (χ2v) is 4.55. The summed E-state index contributed by atoms with van der Waals surface area (Å²) < 4.78 is 5.62. The van der Waals surface area contributed by atoms with Crippen molar-refractivity contribution >= 4 is 17.4 Å². The second-order valence-electron chi connectivity index (χ2n) is 3.52. The van der Waals surface area contributed by atoms with E-state index in [2.05, 4.69) is 6.58 Å². The van der Waals surface area contributed by atoms with E-state index in [1.54, 1.807) is 30.0 Å². The molecule has 18 heavy (non-hydrogen) atoms. The van der Waals surface area contributed by atoms with E-state index in [9.17, 15) is 10.1 Å². The van der Waals surface area contributed by atoms with Gasteiger partial charge in [0.05, 0.1) is 4.92 Å². The summed E-state index contributed by atoms with van der Waals surface area (Å²) in [6.07, 6.45) is 1.80. The van der Waals surface area contributed by atoms with Crippen molar-refractivity contribution in [3.05, 3.63) is 59.2 Å². The molecule has 0 saturated carbocycles. The minimum Gasteiger partial charge on any atom is -0.450 e. The van der Waals surface area contributed by atoms with Gasteiger partial charge in [-0.05, 0) is 24.3 Å². The van der Waals surface area contributed by atoms with Gasteiger partial charge in [-0.25, -0.2) is 0 Å². The van der Waals surface area contributed by atoms with E-state index in [0.717, 1.165) is 16.4 Å². The van der Waals surface area contributed by atoms with Crippen LogP contribution in [0.5, 0.6) is 0 Å². The van der Waals surface area contributed by atoms with Crippen LogP contribution in [-0.2, 0) is 0 Å². The summed E-state index contributed by atoms with van der Waals surface area (Å²) in [6, 6.07) is 10.0. The molecule has 2 rings (SSSR count). The average molecular weight is 261 g/mol. The van der Waals surface area contributed by atoms with Gasteiger partial charge in [0.25, 0.3) is 5.69 Å². The van der Waals surface area contributed by atoms with Crippen LogP contribution in [0.1, 0.15) is 0 Å². The molecule has 1 aromatic heterocycles. The van der Waals surface area contributed by atoms with E-state index in [1.165, 1.54) is 12.1 Å². The number of hydrogen-bond acceptors (Lipinski definition) is 4. The topological polar surface area (TPSA) is 56.3 Å². The molecule has 0 aliphatic heterocycles. The zero-order chi connectivity index (χ0) is 13.0. The standard InChI is InChI=1S/C13H11NO3S/c1-2-9-18-13-8-7-12(17-13)10-3-5-11(6-4-10)14(15)16/h2-8H,1,9H2. The summed E-state index contributed by atoms with van der Waals surface area (Å²) in [6.45, 7) is 3.64. The quantitative estimate of drug-likeness (QED) is 0.351. The first-order valence-electron chi connectivity index (χ1n) is 5.29. The molecule has 0 radical (unpaired) electrons. The van der Waals surface area contributed by atoms with Crippen LogP contribution >= 0.6 is 11.8 Å². The SMILES string of the molecule is C=CCSc1ccc(-c2ccc([N+](=O)[O-])cc2)o1. The Bertz CT molecular complexity index is 560. The van der Waals surface area contributed by atoms with Gasteiger partial charge in [-0.2, -0.15) is 0 Å². The monoisotopic (exact) mass is 261 g/mol. The maximum atomic E-state index is 10.5. The van der Waals surface area contributed by atoms with E-state index in [0.29, 0.717) is 5.76 Å². The van der Waals surface area contributed by atoms with Crippen LogP contribution in [0, 0.1) is 10.1 Å². The lowest BCUT2D eigenvalue weighted by molar-refractivity contribution is -0.384. The Balaban J connectivity index is 2.18. The Morgan fingerprint density at radius 3 is 2.61 bits per heavy atom. The third-order valence-corrected chi connectivity index (χ3v) is 3.19. The van der Waals surface area contributed by atoms with Gasteiger partial charge in [0, 0.05) is 23.4 Å². The number of rotatable bonds is 5. The first kappa shape index (κ1) is 12.4. The fraction of sp³-hybridized carbons (Fsp3) is 0.0769. The number of non-ortho nitro benzene ring substituents is 1. The van der Waals surface area contributed by atoms with Crippen LogP contribution in [0.3, 0.4) is 0 Å². The normalized spacial score (nSPS) is 10.2. The number of hydrogen-bond donors (Lipinski definition) is 0. The van der Waals surface area contributed by atoms with Crippen molar-refractivity contribution in [2.75, 3.05) is 5.75 Å². The summed E-state index contributed by atoms with van der Waals surface area (Å²) in [5.41, 5.74) is 0.901. The van der Waals surface area contributed by atoms with Crippen molar-refractivity contribution in [2.45, 2.75) is 5.09 Å². The Kier molecular flexibility index (Phi) is 3.84. The molecular formula is C13H11NO3S. The van der Waals surface area contributed by atoms with Gasteiger partial charge in [-0.15, -0.1) is 6.58 Å². The first-order chi connectivity index (χ1) is 8.70. The van der Waals surface area contributed by atoms with E-state index in [1.807, 2.05) is 12.1 Å². The third kappa shape index (κ3) is 2.81. The smallest absolute Gasteiger partial charge is 0.269 e. The minimum atomic E-state index is -0.419. The number of furan rings is 1. The molecule has 0 spiro atoms. The molecule has 0 unspecified atom stereocenters. The highest BCUT2D eigenvalue weighted by Crippen LogP contribution is 2.28. The fourth-order valence-corrected chi connectivity index (χ4v) is 2.04. The highest BCUT2D eigenvalue weighted by atomic mass is 32.2. The molecular weight excluding hydrogens is 250 g/mol. The molecule has 0 aliphatic rings. The molecule has 1 aromatic carbocycles. The summed E-state index contributed by atoms with van der Waals surface area (Å²) in [7, 11) is 0. The zero-order valence-electron chi connectivity index (χ0n) is 9.54. The molecule has 1 heterocycles. The molecule has 4 nitrogen and oxygen atoms in total. The van der Waals surface area contributed by atoms with E-state index in [4.69, 9.17) is 4.42 Å². The molecule has 2 aromatic rings. The molecule has 0 N–H and O–H groups in total. The highest BCUT2D eigenvalue weighted by molar-refractivity contribution is 7.99. The molecule has 0 aliphatic carbocycles. The highest BCUT2D eigenvalue weighted by Gasteiger charge is 2.08. The van der Waals surface area contributed by atoms with Crippen LogP contribution in [0.15, 0.2) is 58.6 Å². The van der Waals surface area contributed by atoms with Crippen LogP contribution in [0.4, 0.5) is 5.69 Å². The fourth-order valence-electron chi connectivity index (χ4n) is 1.44. The van der Waals surface area contributed by atoms with E-state index in [-0.39, 0.29) is 5.69 Å². The molecule has 92 valence electrons. The molecule has 0 fully saturated rings. The van der Waals surface area contributed by atoms with Gasteiger partial charge in [-0.1, -0.05) is 17.8 Å². The molecule has 0 saturated heterocycles. The van der Waals surface area contributed by atoms with Gasteiger partial charge in [0.15, 0.2) is 5.09 Å². The molecule has 5 heteroatoms. The van der Waals surface area contributed by atoms with Gasteiger partial charge >= 0.3 is 0 Å². The van der Waals surface area contributed by atoms with Crippen LogP contribution in [0.2, 0.25) is 0 Å². The van der Waals surface area contributed by atoms with Crippen LogP contribution in [-0.4, -0.2) is 10.7 Å².